The highest BCUT2D eigenvalue weighted by Gasteiger charge is 2.36. The standard InChI is InChI=1S/C18H21N5O3/c1-23-8-12(7-19-23)17(11-4-13(25)5-11)22-18(26)10-2-3-14-15(6-10)21-16(9-24)20-14/h2-3,6-8,11,13,17,24-25H,4-5,9H2,1H3,(H,20,21)(H,22,26). The maximum Gasteiger partial charge on any atom is 0.251 e. The van der Waals surface area contributed by atoms with Gasteiger partial charge in [-0.05, 0) is 37.0 Å². The van der Waals surface area contributed by atoms with Crippen LogP contribution in [0, 0.1) is 5.92 Å². The summed E-state index contributed by atoms with van der Waals surface area (Å²) in [5.41, 5.74) is 2.86. The Hall–Kier alpha value is -2.71. The third-order valence-corrected chi connectivity index (χ3v) is 4.93. The van der Waals surface area contributed by atoms with Crippen LogP contribution in [0.5, 0.6) is 0 Å². The predicted octanol–water partition coefficient (Wildman–Crippen LogP) is 1.03. The Morgan fingerprint density at radius 1 is 1.46 bits per heavy atom. The molecule has 8 heteroatoms. The molecule has 1 amide bonds. The number of nitrogens with zero attached hydrogens (tertiary/aromatic N) is 3. The average molecular weight is 355 g/mol. The molecule has 1 saturated carbocycles. The maximum absolute atomic E-state index is 12.8. The lowest BCUT2D eigenvalue weighted by Crippen LogP contribution is -2.41. The first-order valence-corrected chi connectivity index (χ1v) is 8.60. The summed E-state index contributed by atoms with van der Waals surface area (Å²) in [6, 6.07) is 5.01. The smallest absolute Gasteiger partial charge is 0.251 e. The first-order valence-electron chi connectivity index (χ1n) is 8.60. The number of H-pyrrole nitrogens is 1. The highest BCUT2D eigenvalue weighted by Crippen LogP contribution is 2.38. The quantitative estimate of drug-likeness (QED) is 0.545. The normalized spacial score (nSPS) is 20.7. The first-order chi connectivity index (χ1) is 12.5. The lowest BCUT2D eigenvalue weighted by atomic mass is 9.75. The third kappa shape index (κ3) is 3.09. The number of carbonyl (C=O) groups excluding carboxylic acids is 1. The van der Waals surface area contributed by atoms with E-state index in [1.807, 2.05) is 13.2 Å². The summed E-state index contributed by atoms with van der Waals surface area (Å²) in [7, 11) is 1.84. The summed E-state index contributed by atoms with van der Waals surface area (Å²) >= 11 is 0. The fourth-order valence-corrected chi connectivity index (χ4v) is 3.48. The molecular weight excluding hydrogens is 334 g/mol. The SMILES string of the molecule is Cn1cc(C(NC(=O)c2ccc3nc(CO)[nH]c3c2)C2CC(O)C2)cn1. The number of fused-ring (bicyclic) bond motifs is 1. The molecule has 0 radical (unpaired) electrons. The molecule has 1 fully saturated rings. The summed E-state index contributed by atoms with van der Waals surface area (Å²) in [6.07, 6.45) is 4.68. The van der Waals surface area contributed by atoms with Crippen molar-refractivity contribution >= 4 is 16.9 Å². The van der Waals surface area contributed by atoms with Gasteiger partial charge >= 0.3 is 0 Å². The van der Waals surface area contributed by atoms with Crippen molar-refractivity contribution in [1.29, 1.82) is 0 Å². The minimum absolute atomic E-state index is 0.177. The Balaban J connectivity index is 1.57. The molecule has 3 aromatic rings. The van der Waals surface area contributed by atoms with E-state index in [4.69, 9.17) is 0 Å². The molecule has 2 aromatic heterocycles. The molecule has 0 saturated heterocycles. The van der Waals surface area contributed by atoms with Crippen LogP contribution < -0.4 is 5.32 Å². The van der Waals surface area contributed by atoms with Crippen molar-refractivity contribution in [3.63, 3.8) is 0 Å². The lowest BCUT2D eigenvalue weighted by molar-refractivity contribution is 0.0235. The van der Waals surface area contributed by atoms with E-state index in [0.717, 1.165) is 5.56 Å². The summed E-state index contributed by atoms with van der Waals surface area (Å²) in [6.45, 7) is -0.177. The number of rotatable bonds is 5. The zero-order valence-electron chi connectivity index (χ0n) is 14.4. The fourth-order valence-electron chi connectivity index (χ4n) is 3.48. The molecule has 26 heavy (non-hydrogen) atoms. The van der Waals surface area contributed by atoms with Crippen LogP contribution in [0.4, 0.5) is 0 Å². The van der Waals surface area contributed by atoms with Gasteiger partial charge in [0.05, 0.1) is 29.4 Å². The summed E-state index contributed by atoms with van der Waals surface area (Å²) in [4.78, 5) is 20.0. The van der Waals surface area contributed by atoms with Crippen molar-refractivity contribution in [3.8, 4) is 0 Å². The van der Waals surface area contributed by atoms with Crippen molar-refractivity contribution in [2.45, 2.75) is 31.6 Å². The van der Waals surface area contributed by atoms with E-state index in [0.29, 0.717) is 35.3 Å². The predicted molar refractivity (Wildman–Crippen MR) is 94.2 cm³/mol. The molecule has 1 aromatic carbocycles. The van der Waals surface area contributed by atoms with E-state index >= 15 is 0 Å². The number of nitrogens with one attached hydrogen (secondary N) is 2. The molecule has 0 aliphatic heterocycles. The van der Waals surface area contributed by atoms with Crippen LogP contribution >= 0.6 is 0 Å². The minimum Gasteiger partial charge on any atom is -0.393 e. The highest BCUT2D eigenvalue weighted by molar-refractivity contribution is 5.97. The molecule has 4 N–H and O–H groups in total. The van der Waals surface area contributed by atoms with E-state index < -0.39 is 0 Å². The molecule has 1 unspecified atom stereocenters. The number of benzene rings is 1. The molecule has 2 heterocycles. The largest absolute Gasteiger partial charge is 0.393 e. The van der Waals surface area contributed by atoms with Gasteiger partial charge in [0.25, 0.3) is 5.91 Å². The molecule has 8 nitrogen and oxygen atoms in total. The first kappa shape index (κ1) is 16.7. The minimum atomic E-state index is -0.297. The van der Waals surface area contributed by atoms with Gasteiger partial charge in [-0.3, -0.25) is 9.48 Å². The van der Waals surface area contributed by atoms with Gasteiger partial charge in [0.1, 0.15) is 12.4 Å². The van der Waals surface area contributed by atoms with Gasteiger partial charge in [-0.1, -0.05) is 0 Å². The number of aliphatic hydroxyl groups is 2. The van der Waals surface area contributed by atoms with Gasteiger partial charge in [0.15, 0.2) is 0 Å². The molecule has 1 aliphatic rings. The number of aromatic amines is 1. The summed E-state index contributed by atoms with van der Waals surface area (Å²) in [5.74, 6) is 0.464. The molecule has 0 spiro atoms. The van der Waals surface area contributed by atoms with Crippen LogP contribution in [-0.2, 0) is 13.7 Å². The van der Waals surface area contributed by atoms with Gasteiger partial charge in [0.2, 0.25) is 0 Å². The number of carbonyl (C=O) groups is 1. The maximum atomic E-state index is 12.8. The fraction of sp³-hybridized carbons (Fsp3) is 0.389. The summed E-state index contributed by atoms with van der Waals surface area (Å²) in [5, 5.41) is 26.1. The van der Waals surface area contributed by atoms with Crippen molar-refractivity contribution in [2.24, 2.45) is 13.0 Å². The van der Waals surface area contributed by atoms with Gasteiger partial charge in [-0.2, -0.15) is 5.10 Å². The van der Waals surface area contributed by atoms with E-state index in [2.05, 4.69) is 20.4 Å². The second-order valence-corrected chi connectivity index (χ2v) is 6.86. The van der Waals surface area contributed by atoms with Crippen LogP contribution in [0.2, 0.25) is 0 Å². The Morgan fingerprint density at radius 2 is 2.27 bits per heavy atom. The van der Waals surface area contributed by atoms with E-state index in [1.165, 1.54) is 0 Å². The number of hydrogen-bond donors (Lipinski definition) is 4. The Kier molecular flexibility index (Phi) is 4.21. The lowest BCUT2D eigenvalue weighted by Gasteiger charge is -2.37. The Morgan fingerprint density at radius 3 is 2.92 bits per heavy atom. The molecule has 1 atom stereocenters. The van der Waals surface area contributed by atoms with Gasteiger partial charge in [0, 0.05) is 24.4 Å². The molecule has 4 rings (SSSR count). The van der Waals surface area contributed by atoms with Crippen molar-refractivity contribution < 1.29 is 15.0 Å². The monoisotopic (exact) mass is 355 g/mol. The average Bonchev–Trinajstić information content (AvgIpc) is 3.21. The van der Waals surface area contributed by atoms with Crippen LogP contribution in [0.25, 0.3) is 11.0 Å². The second-order valence-electron chi connectivity index (χ2n) is 6.86. The van der Waals surface area contributed by atoms with Crippen molar-refractivity contribution in [1.82, 2.24) is 25.1 Å². The molecule has 1 aliphatic carbocycles. The highest BCUT2D eigenvalue weighted by atomic mass is 16.3. The zero-order valence-corrected chi connectivity index (χ0v) is 14.4. The van der Waals surface area contributed by atoms with Gasteiger partial charge < -0.3 is 20.5 Å². The summed E-state index contributed by atoms with van der Waals surface area (Å²) < 4.78 is 1.71. The van der Waals surface area contributed by atoms with Gasteiger partial charge in [-0.15, -0.1) is 0 Å². The second kappa shape index (κ2) is 6.54. The van der Waals surface area contributed by atoms with E-state index in [9.17, 15) is 15.0 Å². The number of aryl methyl sites for hydroxylation is 1. The topological polar surface area (TPSA) is 116 Å². The number of amides is 1. The van der Waals surface area contributed by atoms with Crippen LogP contribution in [0.15, 0.2) is 30.6 Å². The number of aromatic nitrogens is 4. The zero-order chi connectivity index (χ0) is 18.3. The van der Waals surface area contributed by atoms with Crippen LogP contribution in [0.3, 0.4) is 0 Å². The Labute approximate surface area is 149 Å². The van der Waals surface area contributed by atoms with Crippen LogP contribution in [-0.4, -0.2) is 42.0 Å². The third-order valence-electron chi connectivity index (χ3n) is 4.93. The number of hydrogen-bond acceptors (Lipinski definition) is 5. The molecule has 0 bridgehead atoms. The van der Waals surface area contributed by atoms with Gasteiger partial charge in [-0.25, -0.2) is 4.98 Å². The number of imidazole rings is 1. The van der Waals surface area contributed by atoms with Crippen LogP contribution in [0.1, 0.15) is 40.6 Å². The number of aliphatic hydroxyl groups excluding tert-OH is 2. The molecule has 136 valence electrons. The Bertz CT molecular complexity index is 941. The van der Waals surface area contributed by atoms with E-state index in [1.54, 1.807) is 29.1 Å². The van der Waals surface area contributed by atoms with Crippen molar-refractivity contribution in [3.05, 3.63) is 47.5 Å². The molecular formula is C18H21N5O3. The van der Waals surface area contributed by atoms with E-state index in [-0.39, 0.29) is 30.6 Å². The van der Waals surface area contributed by atoms with Crippen molar-refractivity contribution in [2.75, 3.05) is 0 Å².